The Morgan fingerprint density at radius 2 is 2.00 bits per heavy atom. The van der Waals surface area contributed by atoms with Crippen molar-refractivity contribution in [3.63, 3.8) is 0 Å². The molecule has 0 fully saturated rings. The monoisotopic (exact) mass is 335 g/mol. The fourth-order valence-corrected chi connectivity index (χ4v) is 4.36. The van der Waals surface area contributed by atoms with Crippen molar-refractivity contribution < 1.29 is 8.42 Å². The summed E-state index contributed by atoms with van der Waals surface area (Å²) >= 11 is 13.0. The van der Waals surface area contributed by atoms with E-state index >= 15 is 0 Å². The van der Waals surface area contributed by atoms with Crippen LogP contribution in [0.1, 0.15) is 5.56 Å². The first-order valence-electron chi connectivity index (χ1n) is 5.35. The lowest BCUT2D eigenvalue weighted by atomic mass is 10.2. The maximum Gasteiger partial charge on any atom is 0.252 e. The van der Waals surface area contributed by atoms with Gasteiger partial charge in [0.25, 0.3) is 10.0 Å². The molecule has 2 aromatic rings. The average Bonchev–Trinajstić information content (AvgIpc) is 2.86. The van der Waals surface area contributed by atoms with Gasteiger partial charge >= 0.3 is 0 Å². The van der Waals surface area contributed by atoms with Crippen LogP contribution in [0.3, 0.4) is 0 Å². The zero-order valence-electron chi connectivity index (χ0n) is 10.0. The van der Waals surface area contributed by atoms with Crippen LogP contribution in [-0.2, 0) is 16.6 Å². The van der Waals surface area contributed by atoms with E-state index in [2.05, 4.69) is 0 Å². The van der Waals surface area contributed by atoms with Crippen LogP contribution in [-0.4, -0.2) is 19.8 Å². The molecule has 2 rings (SSSR count). The Balaban J connectivity index is 2.24. The third-order valence-electron chi connectivity index (χ3n) is 2.57. The Kier molecular flexibility index (Phi) is 4.53. The predicted molar refractivity (Wildman–Crippen MR) is 79.4 cm³/mol. The van der Waals surface area contributed by atoms with Crippen molar-refractivity contribution in [2.45, 2.75) is 10.8 Å². The SMILES string of the molecule is CN(Cc1ccc(Cl)cc1Cl)S(=O)(=O)c1cccs1. The van der Waals surface area contributed by atoms with E-state index in [-0.39, 0.29) is 6.54 Å². The van der Waals surface area contributed by atoms with Crippen molar-refractivity contribution >= 4 is 44.6 Å². The topological polar surface area (TPSA) is 37.4 Å². The van der Waals surface area contributed by atoms with E-state index in [0.717, 1.165) is 0 Å². The summed E-state index contributed by atoms with van der Waals surface area (Å²) in [5.74, 6) is 0. The van der Waals surface area contributed by atoms with Gasteiger partial charge in [-0.3, -0.25) is 0 Å². The Morgan fingerprint density at radius 1 is 1.26 bits per heavy atom. The van der Waals surface area contributed by atoms with Crippen LogP contribution in [0.15, 0.2) is 39.9 Å². The van der Waals surface area contributed by atoms with E-state index in [1.807, 2.05) is 0 Å². The van der Waals surface area contributed by atoms with Gasteiger partial charge in [0.15, 0.2) is 0 Å². The molecular weight excluding hydrogens is 325 g/mol. The highest BCUT2D eigenvalue weighted by atomic mass is 35.5. The number of hydrogen-bond acceptors (Lipinski definition) is 3. The maximum absolute atomic E-state index is 12.2. The molecule has 3 nitrogen and oxygen atoms in total. The molecule has 0 saturated carbocycles. The molecule has 0 bridgehead atoms. The first-order chi connectivity index (χ1) is 8.91. The van der Waals surface area contributed by atoms with Gasteiger partial charge in [-0.15, -0.1) is 11.3 Å². The molecule has 1 aromatic carbocycles. The smallest absolute Gasteiger partial charge is 0.206 e. The highest BCUT2D eigenvalue weighted by molar-refractivity contribution is 7.91. The second-order valence-electron chi connectivity index (χ2n) is 3.93. The number of hydrogen-bond donors (Lipinski definition) is 0. The molecule has 102 valence electrons. The van der Waals surface area contributed by atoms with Gasteiger partial charge in [0, 0.05) is 23.6 Å². The normalized spacial score (nSPS) is 12.0. The molecular formula is C12H11Cl2NO2S2. The lowest BCUT2D eigenvalue weighted by Crippen LogP contribution is -2.25. The van der Waals surface area contributed by atoms with E-state index < -0.39 is 10.0 Å². The van der Waals surface area contributed by atoms with Gasteiger partial charge in [-0.05, 0) is 29.1 Å². The highest BCUT2D eigenvalue weighted by Crippen LogP contribution is 2.25. The third-order valence-corrected chi connectivity index (χ3v) is 6.33. The molecule has 0 unspecified atom stereocenters. The molecule has 19 heavy (non-hydrogen) atoms. The van der Waals surface area contributed by atoms with Gasteiger partial charge in [-0.25, -0.2) is 8.42 Å². The van der Waals surface area contributed by atoms with Gasteiger partial charge < -0.3 is 0 Å². The number of thiophene rings is 1. The molecule has 1 heterocycles. The van der Waals surface area contributed by atoms with Crippen molar-refractivity contribution in [2.75, 3.05) is 7.05 Å². The van der Waals surface area contributed by atoms with E-state index in [1.54, 1.807) is 35.7 Å². The summed E-state index contributed by atoms with van der Waals surface area (Å²) < 4.78 is 26.1. The Bertz CT molecular complexity index is 669. The second kappa shape index (κ2) is 5.81. The molecule has 0 aliphatic heterocycles. The van der Waals surface area contributed by atoms with Crippen LogP contribution in [0.2, 0.25) is 10.0 Å². The van der Waals surface area contributed by atoms with Crippen LogP contribution in [0.5, 0.6) is 0 Å². The minimum absolute atomic E-state index is 0.205. The van der Waals surface area contributed by atoms with E-state index in [0.29, 0.717) is 19.8 Å². The fraction of sp³-hybridized carbons (Fsp3) is 0.167. The molecule has 0 atom stereocenters. The summed E-state index contributed by atoms with van der Waals surface area (Å²) in [4.78, 5) is 0. The Labute approximate surface area is 126 Å². The van der Waals surface area contributed by atoms with Gasteiger partial charge in [0.05, 0.1) is 0 Å². The van der Waals surface area contributed by atoms with Crippen LogP contribution < -0.4 is 0 Å². The highest BCUT2D eigenvalue weighted by Gasteiger charge is 2.22. The van der Waals surface area contributed by atoms with Crippen molar-refractivity contribution in [1.29, 1.82) is 0 Å². The van der Waals surface area contributed by atoms with E-state index in [9.17, 15) is 8.42 Å². The van der Waals surface area contributed by atoms with Crippen molar-refractivity contribution in [3.8, 4) is 0 Å². The van der Waals surface area contributed by atoms with Crippen LogP contribution in [0.4, 0.5) is 0 Å². The molecule has 0 amide bonds. The Morgan fingerprint density at radius 3 is 2.58 bits per heavy atom. The molecule has 0 N–H and O–H groups in total. The van der Waals surface area contributed by atoms with E-state index in [4.69, 9.17) is 23.2 Å². The van der Waals surface area contributed by atoms with Gasteiger partial charge in [0.2, 0.25) is 0 Å². The van der Waals surface area contributed by atoms with Crippen LogP contribution in [0, 0.1) is 0 Å². The lowest BCUT2D eigenvalue weighted by molar-refractivity contribution is 0.468. The molecule has 0 spiro atoms. The Hall–Kier alpha value is -0.590. The zero-order chi connectivity index (χ0) is 14.0. The average molecular weight is 336 g/mol. The maximum atomic E-state index is 12.2. The molecule has 0 radical (unpaired) electrons. The number of rotatable bonds is 4. The second-order valence-corrected chi connectivity index (χ2v) is 7.99. The molecule has 0 saturated heterocycles. The first-order valence-corrected chi connectivity index (χ1v) is 8.42. The molecule has 7 heteroatoms. The van der Waals surface area contributed by atoms with E-state index in [1.165, 1.54) is 22.7 Å². The number of nitrogens with zero attached hydrogens (tertiary/aromatic N) is 1. The van der Waals surface area contributed by atoms with Gasteiger partial charge in [-0.1, -0.05) is 35.3 Å². The zero-order valence-corrected chi connectivity index (χ0v) is 13.2. The summed E-state index contributed by atoms with van der Waals surface area (Å²) in [6.07, 6.45) is 0. The van der Waals surface area contributed by atoms with Crippen LogP contribution >= 0.6 is 34.5 Å². The molecule has 1 aromatic heterocycles. The van der Waals surface area contributed by atoms with Gasteiger partial charge in [0.1, 0.15) is 4.21 Å². The minimum atomic E-state index is -3.46. The summed E-state index contributed by atoms with van der Waals surface area (Å²) in [5, 5.41) is 2.72. The summed E-state index contributed by atoms with van der Waals surface area (Å²) in [7, 11) is -1.93. The molecule has 0 aliphatic carbocycles. The lowest BCUT2D eigenvalue weighted by Gasteiger charge is -2.16. The fourth-order valence-electron chi connectivity index (χ4n) is 1.54. The molecule has 0 aliphatic rings. The van der Waals surface area contributed by atoms with Crippen molar-refractivity contribution in [1.82, 2.24) is 4.31 Å². The minimum Gasteiger partial charge on any atom is -0.206 e. The van der Waals surface area contributed by atoms with Gasteiger partial charge in [-0.2, -0.15) is 4.31 Å². The standard InChI is InChI=1S/C12H11Cl2NO2S2/c1-15(19(16,17)12-3-2-6-18-12)8-9-4-5-10(13)7-11(9)14/h2-7H,8H2,1H3. The number of sulfonamides is 1. The van der Waals surface area contributed by atoms with Crippen LogP contribution in [0.25, 0.3) is 0 Å². The number of halogens is 2. The quantitative estimate of drug-likeness (QED) is 0.850. The summed E-state index contributed by atoms with van der Waals surface area (Å²) in [6, 6.07) is 8.31. The largest absolute Gasteiger partial charge is 0.252 e. The van der Waals surface area contributed by atoms with Crippen molar-refractivity contribution in [3.05, 3.63) is 51.3 Å². The third kappa shape index (κ3) is 3.30. The summed E-state index contributed by atoms with van der Waals surface area (Å²) in [5.41, 5.74) is 0.716. The first kappa shape index (κ1) is 14.8. The number of benzene rings is 1. The predicted octanol–water partition coefficient (Wildman–Crippen LogP) is 3.88. The van der Waals surface area contributed by atoms with Crippen molar-refractivity contribution in [2.24, 2.45) is 0 Å². The summed E-state index contributed by atoms with van der Waals surface area (Å²) in [6.45, 7) is 0.205.